The molecule has 0 spiro atoms. The Kier molecular flexibility index (Phi) is 2.30. The van der Waals surface area contributed by atoms with Gasteiger partial charge in [0.05, 0.1) is 5.52 Å². The van der Waals surface area contributed by atoms with Crippen LogP contribution in [0.2, 0.25) is 0 Å². The zero-order chi connectivity index (χ0) is 11.9. The number of carbonyl (C=O) groups is 1. The van der Waals surface area contributed by atoms with E-state index in [0.29, 0.717) is 11.2 Å². The van der Waals surface area contributed by atoms with Crippen molar-refractivity contribution in [1.29, 1.82) is 0 Å². The largest absolute Gasteiger partial charge is 0.505 e. The van der Waals surface area contributed by atoms with E-state index in [1.807, 2.05) is 0 Å². The van der Waals surface area contributed by atoms with Gasteiger partial charge in [0.2, 0.25) is 0 Å². The van der Waals surface area contributed by atoms with E-state index in [9.17, 15) is 14.3 Å². The Balaban J connectivity index is 2.82. The van der Waals surface area contributed by atoms with Crippen molar-refractivity contribution in [3.05, 3.63) is 29.7 Å². The molecular weight excluding hydrogens is 211 g/mol. The molecule has 4 nitrogen and oxygen atoms in total. The van der Waals surface area contributed by atoms with Gasteiger partial charge in [0, 0.05) is 18.1 Å². The third-order valence-corrected chi connectivity index (χ3v) is 2.50. The summed E-state index contributed by atoms with van der Waals surface area (Å²) >= 11 is 0. The SMILES string of the molecule is CNC(=O)n1c(C)cc2c(F)c(O)ccc21. The predicted octanol–water partition coefficient (Wildman–Crippen LogP) is 1.98. The number of rotatable bonds is 0. The summed E-state index contributed by atoms with van der Waals surface area (Å²) in [6.07, 6.45) is 0. The molecule has 0 fully saturated rings. The van der Waals surface area contributed by atoms with Gasteiger partial charge in [-0.1, -0.05) is 0 Å². The second-order valence-corrected chi connectivity index (χ2v) is 3.51. The standard InChI is InChI=1S/C11H11FN2O2/c1-6-5-7-8(14(6)11(16)13-2)3-4-9(15)10(7)12/h3-5,15H,1-2H3,(H,13,16). The first kappa shape index (κ1) is 10.5. The van der Waals surface area contributed by atoms with Crippen molar-refractivity contribution in [3.63, 3.8) is 0 Å². The number of phenols is 1. The number of nitrogens with one attached hydrogen (secondary N) is 1. The fourth-order valence-electron chi connectivity index (χ4n) is 1.75. The average molecular weight is 222 g/mol. The molecular formula is C11H11FN2O2. The van der Waals surface area contributed by atoms with E-state index in [2.05, 4.69) is 5.32 Å². The maximum Gasteiger partial charge on any atom is 0.325 e. The lowest BCUT2D eigenvalue weighted by Gasteiger charge is -2.05. The maximum atomic E-state index is 13.6. The minimum atomic E-state index is -0.705. The summed E-state index contributed by atoms with van der Waals surface area (Å²) in [5.74, 6) is -1.12. The van der Waals surface area contributed by atoms with Crippen molar-refractivity contribution in [2.75, 3.05) is 7.05 Å². The first-order valence-electron chi connectivity index (χ1n) is 4.78. The van der Waals surface area contributed by atoms with E-state index < -0.39 is 11.6 Å². The Morgan fingerprint density at radius 2 is 2.19 bits per heavy atom. The number of carbonyl (C=O) groups excluding carboxylic acids is 1. The molecule has 0 saturated carbocycles. The van der Waals surface area contributed by atoms with Crippen LogP contribution >= 0.6 is 0 Å². The third kappa shape index (κ3) is 1.32. The lowest BCUT2D eigenvalue weighted by atomic mass is 10.2. The summed E-state index contributed by atoms with van der Waals surface area (Å²) in [6, 6.07) is 3.93. The van der Waals surface area contributed by atoms with Crippen molar-refractivity contribution in [1.82, 2.24) is 9.88 Å². The number of benzene rings is 1. The number of aromatic hydroxyl groups is 1. The molecule has 0 atom stereocenters. The van der Waals surface area contributed by atoms with Crippen LogP contribution in [-0.2, 0) is 0 Å². The fraction of sp³-hybridized carbons (Fsp3) is 0.182. The van der Waals surface area contributed by atoms with Crippen molar-refractivity contribution >= 4 is 16.9 Å². The number of halogens is 1. The number of fused-ring (bicyclic) bond motifs is 1. The number of nitrogens with zero attached hydrogens (tertiary/aromatic N) is 1. The molecule has 1 aromatic heterocycles. The first-order valence-corrected chi connectivity index (χ1v) is 4.78. The van der Waals surface area contributed by atoms with Crippen LogP contribution in [0.15, 0.2) is 18.2 Å². The van der Waals surface area contributed by atoms with E-state index in [1.165, 1.54) is 29.8 Å². The van der Waals surface area contributed by atoms with Gasteiger partial charge in [-0.15, -0.1) is 0 Å². The van der Waals surface area contributed by atoms with Crippen LogP contribution in [0.5, 0.6) is 5.75 Å². The smallest absolute Gasteiger partial charge is 0.325 e. The molecule has 2 N–H and O–H groups in total. The minimum absolute atomic E-state index is 0.237. The van der Waals surface area contributed by atoms with Crippen LogP contribution in [0, 0.1) is 12.7 Å². The Bertz CT molecular complexity index is 575. The molecule has 84 valence electrons. The summed E-state index contributed by atoms with van der Waals surface area (Å²) in [5, 5.41) is 11.9. The van der Waals surface area contributed by atoms with Gasteiger partial charge in [-0.3, -0.25) is 4.57 Å². The monoisotopic (exact) mass is 222 g/mol. The molecule has 1 aromatic carbocycles. The molecule has 16 heavy (non-hydrogen) atoms. The highest BCUT2D eigenvalue weighted by Crippen LogP contribution is 2.27. The number of hydrogen-bond acceptors (Lipinski definition) is 2. The van der Waals surface area contributed by atoms with Gasteiger partial charge in [0.1, 0.15) is 0 Å². The number of amides is 1. The molecule has 1 amide bonds. The van der Waals surface area contributed by atoms with Crippen molar-refractivity contribution < 1.29 is 14.3 Å². The van der Waals surface area contributed by atoms with Crippen LogP contribution in [0.1, 0.15) is 5.69 Å². The normalized spacial score (nSPS) is 10.7. The van der Waals surface area contributed by atoms with E-state index in [-0.39, 0.29) is 11.4 Å². The zero-order valence-electron chi connectivity index (χ0n) is 8.91. The molecule has 2 rings (SSSR count). The van der Waals surface area contributed by atoms with E-state index in [1.54, 1.807) is 6.92 Å². The van der Waals surface area contributed by atoms with Gasteiger partial charge in [-0.25, -0.2) is 9.18 Å². The maximum absolute atomic E-state index is 13.6. The van der Waals surface area contributed by atoms with Crippen molar-refractivity contribution in [3.8, 4) is 5.75 Å². The van der Waals surface area contributed by atoms with Crippen LogP contribution < -0.4 is 5.32 Å². The Hall–Kier alpha value is -2.04. The van der Waals surface area contributed by atoms with E-state index in [4.69, 9.17) is 0 Å². The molecule has 1 heterocycles. The Morgan fingerprint density at radius 3 is 2.81 bits per heavy atom. The molecule has 0 aliphatic heterocycles. The molecule has 5 heteroatoms. The third-order valence-electron chi connectivity index (χ3n) is 2.50. The van der Waals surface area contributed by atoms with Gasteiger partial charge in [0.25, 0.3) is 0 Å². The number of aryl methyl sites for hydroxylation is 1. The van der Waals surface area contributed by atoms with Gasteiger partial charge in [-0.2, -0.15) is 0 Å². The topological polar surface area (TPSA) is 54.3 Å². The number of aromatic nitrogens is 1. The molecule has 0 saturated heterocycles. The van der Waals surface area contributed by atoms with Gasteiger partial charge < -0.3 is 10.4 Å². The van der Waals surface area contributed by atoms with Crippen molar-refractivity contribution in [2.24, 2.45) is 0 Å². The zero-order valence-corrected chi connectivity index (χ0v) is 8.91. The van der Waals surface area contributed by atoms with Crippen LogP contribution in [0.3, 0.4) is 0 Å². The summed E-state index contributed by atoms with van der Waals surface area (Å²) in [5.41, 5.74) is 1.05. The highest BCUT2D eigenvalue weighted by Gasteiger charge is 2.15. The van der Waals surface area contributed by atoms with Crippen molar-refractivity contribution in [2.45, 2.75) is 6.92 Å². The lowest BCUT2D eigenvalue weighted by Crippen LogP contribution is -2.25. The second kappa shape index (κ2) is 3.52. The Morgan fingerprint density at radius 1 is 1.50 bits per heavy atom. The van der Waals surface area contributed by atoms with Gasteiger partial charge in [-0.05, 0) is 25.1 Å². The summed E-state index contributed by atoms with van der Waals surface area (Å²) < 4.78 is 14.9. The van der Waals surface area contributed by atoms with Gasteiger partial charge in [0.15, 0.2) is 11.6 Å². The fourth-order valence-corrected chi connectivity index (χ4v) is 1.75. The van der Waals surface area contributed by atoms with E-state index in [0.717, 1.165) is 0 Å². The summed E-state index contributed by atoms with van der Waals surface area (Å²) in [4.78, 5) is 11.6. The predicted molar refractivity (Wildman–Crippen MR) is 58.2 cm³/mol. The first-order chi connectivity index (χ1) is 7.56. The van der Waals surface area contributed by atoms with Gasteiger partial charge >= 0.3 is 6.03 Å². The molecule has 0 bridgehead atoms. The number of phenolic OH excluding ortho intramolecular Hbond substituents is 1. The quantitative estimate of drug-likeness (QED) is 0.716. The highest BCUT2D eigenvalue weighted by atomic mass is 19.1. The molecule has 0 radical (unpaired) electrons. The molecule has 0 unspecified atom stereocenters. The van der Waals surface area contributed by atoms with Crippen LogP contribution in [0.4, 0.5) is 9.18 Å². The van der Waals surface area contributed by atoms with E-state index >= 15 is 0 Å². The molecule has 2 aromatic rings. The molecule has 0 aliphatic rings. The summed E-state index contributed by atoms with van der Waals surface area (Å²) in [7, 11) is 1.50. The van der Waals surface area contributed by atoms with Crippen LogP contribution in [0.25, 0.3) is 10.9 Å². The second-order valence-electron chi connectivity index (χ2n) is 3.51. The Labute approximate surface area is 91.3 Å². The highest BCUT2D eigenvalue weighted by molar-refractivity contribution is 5.93. The lowest BCUT2D eigenvalue weighted by molar-refractivity contribution is 0.245. The average Bonchev–Trinajstić information content (AvgIpc) is 2.60. The summed E-state index contributed by atoms with van der Waals surface area (Å²) in [6.45, 7) is 1.70. The number of hydrogen-bond donors (Lipinski definition) is 2. The minimum Gasteiger partial charge on any atom is -0.505 e. The van der Waals surface area contributed by atoms with Crippen LogP contribution in [-0.4, -0.2) is 22.8 Å². The molecule has 0 aliphatic carbocycles.